The van der Waals surface area contributed by atoms with Gasteiger partial charge in [0.25, 0.3) is 0 Å². The van der Waals surface area contributed by atoms with E-state index in [1.54, 1.807) is 6.07 Å². The molecule has 0 spiro atoms. The summed E-state index contributed by atoms with van der Waals surface area (Å²) in [5.41, 5.74) is 1.85. The molecule has 0 bridgehead atoms. The van der Waals surface area contributed by atoms with Crippen molar-refractivity contribution in [3.05, 3.63) is 47.7 Å². The van der Waals surface area contributed by atoms with Gasteiger partial charge in [0.1, 0.15) is 0 Å². The highest BCUT2D eigenvalue weighted by molar-refractivity contribution is 5.91. The molecule has 2 N–H and O–H groups in total. The van der Waals surface area contributed by atoms with E-state index in [1.165, 1.54) is 0 Å². The number of hydrogen-bond donors (Lipinski definition) is 2. The average molecular weight is 301 g/mol. The molecule has 1 heterocycles. The lowest BCUT2D eigenvalue weighted by molar-refractivity contribution is -0.115. The van der Waals surface area contributed by atoms with E-state index < -0.39 is 0 Å². The van der Waals surface area contributed by atoms with Gasteiger partial charge in [0.15, 0.2) is 0 Å². The SMILES string of the molecule is C[C@H](NCC(=O)Nc1cc(C(C)(C)C)no1)c1ccccc1. The van der Waals surface area contributed by atoms with Gasteiger partial charge in [0.05, 0.1) is 12.2 Å². The number of carbonyl (C=O) groups is 1. The van der Waals surface area contributed by atoms with Crippen molar-refractivity contribution in [3.63, 3.8) is 0 Å². The summed E-state index contributed by atoms with van der Waals surface area (Å²) in [7, 11) is 0. The molecule has 1 aromatic carbocycles. The molecule has 118 valence electrons. The van der Waals surface area contributed by atoms with Crippen LogP contribution in [0.2, 0.25) is 0 Å². The van der Waals surface area contributed by atoms with Crippen molar-refractivity contribution >= 4 is 11.8 Å². The Morgan fingerprint density at radius 1 is 1.27 bits per heavy atom. The lowest BCUT2D eigenvalue weighted by Gasteiger charge is -2.13. The van der Waals surface area contributed by atoms with Gasteiger partial charge < -0.3 is 9.84 Å². The van der Waals surface area contributed by atoms with E-state index in [4.69, 9.17) is 4.52 Å². The minimum absolute atomic E-state index is 0.104. The van der Waals surface area contributed by atoms with Crippen molar-refractivity contribution in [2.75, 3.05) is 11.9 Å². The van der Waals surface area contributed by atoms with Crippen LogP contribution in [-0.2, 0) is 10.2 Å². The van der Waals surface area contributed by atoms with E-state index in [2.05, 4.69) is 15.8 Å². The van der Waals surface area contributed by atoms with Crippen molar-refractivity contribution < 1.29 is 9.32 Å². The summed E-state index contributed by atoms with van der Waals surface area (Å²) in [4.78, 5) is 11.9. The Balaban J connectivity index is 1.84. The normalized spacial score (nSPS) is 12.9. The molecule has 5 nitrogen and oxygen atoms in total. The van der Waals surface area contributed by atoms with Crippen LogP contribution in [0.15, 0.2) is 40.9 Å². The summed E-state index contributed by atoms with van der Waals surface area (Å²) < 4.78 is 5.14. The molecule has 5 heteroatoms. The zero-order chi connectivity index (χ0) is 16.2. The summed E-state index contributed by atoms with van der Waals surface area (Å²) in [6, 6.07) is 11.9. The van der Waals surface area contributed by atoms with Gasteiger partial charge in [-0.15, -0.1) is 0 Å². The number of anilines is 1. The van der Waals surface area contributed by atoms with Gasteiger partial charge in [-0.3, -0.25) is 10.1 Å². The molecule has 1 atom stereocenters. The van der Waals surface area contributed by atoms with Crippen molar-refractivity contribution in [2.45, 2.75) is 39.2 Å². The van der Waals surface area contributed by atoms with Gasteiger partial charge in [-0.2, -0.15) is 0 Å². The molecule has 22 heavy (non-hydrogen) atoms. The lowest BCUT2D eigenvalue weighted by Crippen LogP contribution is -2.30. The second-order valence-corrected chi connectivity index (χ2v) is 6.39. The van der Waals surface area contributed by atoms with Crippen LogP contribution in [0.5, 0.6) is 0 Å². The number of nitrogens with zero attached hydrogens (tertiary/aromatic N) is 1. The molecule has 0 saturated heterocycles. The molecule has 0 radical (unpaired) electrons. The van der Waals surface area contributed by atoms with E-state index in [1.807, 2.05) is 58.0 Å². The standard InChI is InChI=1S/C17H23N3O2/c1-12(13-8-6-5-7-9-13)18-11-15(21)19-16-10-14(20-22-16)17(2,3)4/h5-10,12,18H,11H2,1-4H3,(H,19,21)/t12-/m0/s1. The predicted octanol–water partition coefficient (Wildman–Crippen LogP) is 3.26. The van der Waals surface area contributed by atoms with E-state index in [0.29, 0.717) is 5.88 Å². The topological polar surface area (TPSA) is 67.2 Å². The maximum atomic E-state index is 11.9. The molecular formula is C17H23N3O2. The zero-order valence-electron chi connectivity index (χ0n) is 13.5. The van der Waals surface area contributed by atoms with E-state index >= 15 is 0 Å². The predicted molar refractivity (Wildman–Crippen MR) is 86.7 cm³/mol. The molecular weight excluding hydrogens is 278 g/mol. The zero-order valence-corrected chi connectivity index (χ0v) is 13.5. The highest BCUT2D eigenvalue weighted by atomic mass is 16.5. The van der Waals surface area contributed by atoms with Crippen LogP contribution in [-0.4, -0.2) is 17.6 Å². The van der Waals surface area contributed by atoms with E-state index in [-0.39, 0.29) is 23.9 Å². The Kier molecular flexibility index (Phi) is 4.98. The van der Waals surface area contributed by atoms with Crippen LogP contribution in [0.3, 0.4) is 0 Å². The van der Waals surface area contributed by atoms with Gasteiger partial charge in [-0.05, 0) is 12.5 Å². The summed E-state index contributed by atoms with van der Waals surface area (Å²) in [5, 5.41) is 9.87. The smallest absolute Gasteiger partial charge is 0.240 e. The lowest BCUT2D eigenvalue weighted by atomic mass is 9.92. The highest BCUT2D eigenvalue weighted by Gasteiger charge is 2.19. The Bertz CT molecular complexity index is 614. The van der Waals surface area contributed by atoms with Crippen LogP contribution >= 0.6 is 0 Å². The van der Waals surface area contributed by atoms with Crippen molar-refractivity contribution in [1.82, 2.24) is 10.5 Å². The number of aromatic nitrogens is 1. The molecule has 1 amide bonds. The molecule has 0 aliphatic rings. The van der Waals surface area contributed by atoms with Crippen LogP contribution < -0.4 is 10.6 Å². The first kappa shape index (κ1) is 16.2. The minimum Gasteiger partial charge on any atom is -0.338 e. The van der Waals surface area contributed by atoms with Crippen molar-refractivity contribution in [3.8, 4) is 0 Å². The molecule has 1 aromatic heterocycles. The Morgan fingerprint density at radius 2 is 1.95 bits per heavy atom. The van der Waals surface area contributed by atoms with Crippen LogP contribution in [0.4, 0.5) is 5.88 Å². The van der Waals surface area contributed by atoms with Crippen molar-refractivity contribution in [2.24, 2.45) is 0 Å². The molecule has 2 rings (SSSR count). The Labute approximate surface area is 131 Å². The minimum atomic E-state index is -0.153. The summed E-state index contributed by atoms with van der Waals surface area (Å²) in [6.07, 6.45) is 0. The summed E-state index contributed by atoms with van der Waals surface area (Å²) >= 11 is 0. The fourth-order valence-electron chi connectivity index (χ4n) is 1.97. The third-order valence-electron chi connectivity index (χ3n) is 3.41. The van der Waals surface area contributed by atoms with Gasteiger partial charge >= 0.3 is 0 Å². The van der Waals surface area contributed by atoms with Gasteiger partial charge in [-0.1, -0.05) is 56.3 Å². The number of benzene rings is 1. The van der Waals surface area contributed by atoms with Gasteiger partial charge in [0.2, 0.25) is 11.8 Å². The number of hydrogen-bond acceptors (Lipinski definition) is 4. The molecule has 0 aliphatic carbocycles. The second kappa shape index (κ2) is 6.75. The van der Waals surface area contributed by atoms with E-state index in [0.717, 1.165) is 11.3 Å². The first-order valence-electron chi connectivity index (χ1n) is 7.41. The first-order valence-corrected chi connectivity index (χ1v) is 7.41. The number of nitrogens with one attached hydrogen (secondary N) is 2. The van der Waals surface area contributed by atoms with Crippen LogP contribution in [0.25, 0.3) is 0 Å². The second-order valence-electron chi connectivity index (χ2n) is 6.39. The molecule has 0 fully saturated rings. The molecule has 2 aromatic rings. The number of amides is 1. The number of carbonyl (C=O) groups excluding carboxylic acids is 1. The largest absolute Gasteiger partial charge is 0.338 e. The van der Waals surface area contributed by atoms with Gasteiger partial charge in [-0.25, -0.2) is 0 Å². The quantitative estimate of drug-likeness (QED) is 0.889. The first-order chi connectivity index (χ1) is 10.4. The maximum Gasteiger partial charge on any atom is 0.240 e. The van der Waals surface area contributed by atoms with Gasteiger partial charge in [0, 0.05) is 17.5 Å². The highest BCUT2D eigenvalue weighted by Crippen LogP contribution is 2.23. The van der Waals surface area contributed by atoms with Crippen molar-refractivity contribution in [1.29, 1.82) is 0 Å². The third-order valence-corrected chi connectivity index (χ3v) is 3.41. The van der Waals surface area contributed by atoms with Crippen LogP contribution in [0.1, 0.15) is 45.0 Å². The Morgan fingerprint density at radius 3 is 2.55 bits per heavy atom. The van der Waals surface area contributed by atoms with Crippen LogP contribution in [0, 0.1) is 0 Å². The fourth-order valence-corrected chi connectivity index (χ4v) is 1.97. The molecule has 0 aliphatic heterocycles. The monoisotopic (exact) mass is 301 g/mol. The average Bonchev–Trinajstić information content (AvgIpc) is 2.94. The summed E-state index contributed by atoms with van der Waals surface area (Å²) in [6.45, 7) is 8.36. The Hall–Kier alpha value is -2.14. The fraction of sp³-hybridized carbons (Fsp3) is 0.412. The molecule has 0 saturated carbocycles. The number of rotatable bonds is 5. The maximum absolute atomic E-state index is 11.9. The van der Waals surface area contributed by atoms with E-state index in [9.17, 15) is 4.79 Å². The molecule has 0 unspecified atom stereocenters. The third kappa shape index (κ3) is 4.43. The summed E-state index contributed by atoms with van der Waals surface area (Å²) in [5.74, 6) is 0.225.